The Labute approximate surface area is 105 Å². The molecule has 0 heterocycles. The molecule has 0 aromatic heterocycles. The minimum Gasteiger partial charge on any atom is -0.203 e. The molecule has 0 aliphatic carbocycles. The highest BCUT2D eigenvalue weighted by atomic mass is 19.2. The second-order valence-electron chi connectivity index (χ2n) is 4.05. The van der Waals surface area contributed by atoms with Crippen LogP contribution in [0.25, 0.3) is 0 Å². The van der Waals surface area contributed by atoms with E-state index in [-0.39, 0.29) is 12.8 Å². The van der Waals surface area contributed by atoms with Crippen LogP contribution in [0, 0.1) is 51.7 Å². The summed E-state index contributed by atoms with van der Waals surface area (Å²) in [6.07, 6.45) is -0.609. The number of hydrogen-bond donors (Lipinski definition) is 0. The highest BCUT2D eigenvalue weighted by Crippen LogP contribution is 2.35. The standard InChI is InChI=1S/C12H7F5N2/c1-12(5-19,3-2-4-18)6-7(13)9(15)11(17)10(16)8(6)14/h2-3H2,1H3. The van der Waals surface area contributed by atoms with Crippen molar-refractivity contribution < 1.29 is 22.0 Å². The monoisotopic (exact) mass is 274 g/mol. The smallest absolute Gasteiger partial charge is 0.200 e. The molecule has 0 bridgehead atoms. The van der Waals surface area contributed by atoms with Gasteiger partial charge in [-0.25, -0.2) is 22.0 Å². The van der Waals surface area contributed by atoms with Crippen molar-refractivity contribution in [2.24, 2.45) is 0 Å². The van der Waals surface area contributed by atoms with E-state index >= 15 is 0 Å². The minimum atomic E-state index is -2.28. The number of rotatable bonds is 3. The van der Waals surface area contributed by atoms with E-state index in [0.717, 1.165) is 6.92 Å². The Kier molecular flexibility index (Phi) is 4.10. The second-order valence-corrected chi connectivity index (χ2v) is 4.05. The van der Waals surface area contributed by atoms with Crippen LogP contribution in [0.3, 0.4) is 0 Å². The van der Waals surface area contributed by atoms with Gasteiger partial charge in [-0.1, -0.05) is 0 Å². The molecule has 0 amide bonds. The minimum absolute atomic E-state index is 0.260. The molecule has 0 saturated heterocycles. The van der Waals surface area contributed by atoms with Gasteiger partial charge >= 0.3 is 0 Å². The van der Waals surface area contributed by atoms with E-state index in [2.05, 4.69) is 0 Å². The Bertz CT molecular complexity index is 571. The van der Waals surface area contributed by atoms with Crippen molar-refractivity contribution in [1.82, 2.24) is 0 Å². The van der Waals surface area contributed by atoms with Crippen LogP contribution in [0.15, 0.2) is 0 Å². The third-order valence-electron chi connectivity index (χ3n) is 2.75. The van der Waals surface area contributed by atoms with Gasteiger partial charge in [0.25, 0.3) is 0 Å². The van der Waals surface area contributed by atoms with Crippen molar-refractivity contribution in [1.29, 1.82) is 10.5 Å². The molecule has 0 spiro atoms. The van der Waals surface area contributed by atoms with Gasteiger partial charge in [0.2, 0.25) is 5.82 Å². The van der Waals surface area contributed by atoms with Gasteiger partial charge in [-0.15, -0.1) is 0 Å². The first-order valence-electron chi connectivity index (χ1n) is 5.10. The maximum Gasteiger partial charge on any atom is 0.200 e. The summed E-state index contributed by atoms with van der Waals surface area (Å²) in [5.74, 6) is -10.6. The molecule has 1 rings (SSSR count). The maximum atomic E-state index is 13.6. The first-order valence-corrected chi connectivity index (χ1v) is 5.10. The van der Waals surface area contributed by atoms with E-state index in [9.17, 15) is 22.0 Å². The number of nitrogens with zero attached hydrogens (tertiary/aromatic N) is 2. The van der Waals surface area contributed by atoms with Crippen molar-refractivity contribution >= 4 is 0 Å². The van der Waals surface area contributed by atoms with Crippen molar-refractivity contribution in [2.45, 2.75) is 25.2 Å². The molecule has 1 atom stereocenters. The lowest BCUT2D eigenvalue weighted by molar-refractivity contribution is 0.353. The van der Waals surface area contributed by atoms with Gasteiger partial charge in [0, 0.05) is 12.0 Å². The molecule has 0 saturated carbocycles. The summed E-state index contributed by atoms with van der Waals surface area (Å²) in [6.45, 7) is 1.02. The van der Waals surface area contributed by atoms with Crippen LogP contribution < -0.4 is 0 Å². The summed E-state index contributed by atoms with van der Waals surface area (Å²) in [7, 11) is 0. The summed E-state index contributed by atoms with van der Waals surface area (Å²) in [4.78, 5) is 0. The molecule has 1 aromatic carbocycles. The maximum absolute atomic E-state index is 13.6. The van der Waals surface area contributed by atoms with Gasteiger partial charge in [0.1, 0.15) is 0 Å². The van der Waals surface area contributed by atoms with E-state index in [1.165, 1.54) is 6.07 Å². The van der Waals surface area contributed by atoms with Gasteiger partial charge in [-0.05, 0) is 13.3 Å². The van der Waals surface area contributed by atoms with Crippen LogP contribution in [0.5, 0.6) is 0 Å². The van der Waals surface area contributed by atoms with Gasteiger partial charge in [0.05, 0.1) is 17.6 Å². The Hall–Kier alpha value is -2.15. The fourth-order valence-electron chi connectivity index (χ4n) is 1.63. The third kappa shape index (κ3) is 2.37. The highest BCUT2D eigenvalue weighted by molar-refractivity contribution is 5.36. The van der Waals surface area contributed by atoms with E-state index < -0.39 is 40.1 Å². The zero-order chi connectivity index (χ0) is 14.8. The van der Waals surface area contributed by atoms with Crippen LogP contribution >= 0.6 is 0 Å². The summed E-state index contributed by atoms with van der Waals surface area (Å²) < 4.78 is 66.1. The first-order chi connectivity index (χ1) is 8.80. The van der Waals surface area contributed by atoms with Crippen LogP contribution in [0.2, 0.25) is 0 Å². The summed E-state index contributed by atoms with van der Waals surface area (Å²) in [5.41, 5.74) is -3.18. The zero-order valence-electron chi connectivity index (χ0n) is 9.70. The third-order valence-corrected chi connectivity index (χ3v) is 2.75. The van der Waals surface area contributed by atoms with Crippen molar-refractivity contribution in [3.8, 4) is 12.1 Å². The molecule has 0 radical (unpaired) electrons. The van der Waals surface area contributed by atoms with Crippen LogP contribution in [-0.2, 0) is 5.41 Å². The number of halogens is 5. The quantitative estimate of drug-likeness (QED) is 0.481. The molecule has 19 heavy (non-hydrogen) atoms. The van der Waals surface area contributed by atoms with Crippen molar-refractivity contribution in [3.05, 3.63) is 34.6 Å². The van der Waals surface area contributed by atoms with Crippen LogP contribution in [0.4, 0.5) is 22.0 Å². The highest BCUT2D eigenvalue weighted by Gasteiger charge is 2.38. The molecule has 1 aromatic rings. The van der Waals surface area contributed by atoms with Crippen molar-refractivity contribution in [2.75, 3.05) is 0 Å². The second kappa shape index (κ2) is 5.23. The van der Waals surface area contributed by atoms with E-state index in [4.69, 9.17) is 10.5 Å². The zero-order valence-corrected chi connectivity index (χ0v) is 9.70. The molecular formula is C12H7F5N2. The molecule has 7 heteroatoms. The van der Waals surface area contributed by atoms with E-state index in [1.54, 1.807) is 6.07 Å². The molecule has 0 aliphatic rings. The molecule has 0 fully saturated rings. The first kappa shape index (κ1) is 14.9. The lowest BCUT2D eigenvalue weighted by Gasteiger charge is -2.22. The topological polar surface area (TPSA) is 47.6 Å². The van der Waals surface area contributed by atoms with E-state index in [0.29, 0.717) is 0 Å². The Morgan fingerprint density at radius 3 is 1.68 bits per heavy atom. The Morgan fingerprint density at radius 2 is 1.32 bits per heavy atom. The van der Waals surface area contributed by atoms with Crippen LogP contribution in [-0.4, -0.2) is 0 Å². The van der Waals surface area contributed by atoms with Gasteiger partial charge < -0.3 is 0 Å². The van der Waals surface area contributed by atoms with Gasteiger partial charge in [-0.2, -0.15) is 10.5 Å². The Morgan fingerprint density at radius 1 is 0.895 bits per heavy atom. The van der Waals surface area contributed by atoms with Gasteiger partial charge in [-0.3, -0.25) is 0 Å². The lowest BCUT2D eigenvalue weighted by Crippen LogP contribution is -2.25. The fraction of sp³-hybridized carbons (Fsp3) is 0.333. The number of hydrogen-bond acceptors (Lipinski definition) is 2. The average molecular weight is 274 g/mol. The molecule has 0 N–H and O–H groups in total. The predicted molar refractivity (Wildman–Crippen MR) is 54.0 cm³/mol. The summed E-state index contributed by atoms with van der Waals surface area (Å²) in [5, 5.41) is 17.3. The van der Waals surface area contributed by atoms with E-state index in [1.807, 2.05) is 0 Å². The summed E-state index contributed by atoms with van der Waals surface area (Å²) in [6, 6.07) is 3.15. The largest absolute Gasteiger partial charge is 0.203 e. The number of benzene rings is 1. The predicted octanol–water partition coefficient (Wildman–Crippen LogP) is 3.47. The van der Waals surface area contributed by atoms with Gasteiger partial charge in [0.15, 0.2) is 23.3 Å². The van der Waals surface area contributed by atoms with Crippen molar-refractivity contribution in [3.63, 3.8) is 0 Å². The lowest BCUT2D eigenvalue weighted by atomic mass is 9.79. The molecule has 0 aliphatic heterocycles. The van der Waals surface area contributed by atoms with Crippen LogP contribution in [0.1, 0.15) is 25.3 Å². The molecular weight excluding hydrogens is 267 g/mol. The average Bonchev–Trinajstić information content (AvgIpc) is 2.40. The Balaban J connectivity index is 3.59. The normalized spacial score (nSPS) is 13.5. The summed E-state index contributed by atoms with van der Waals surface area (Å²) >= 11 is 0. The molecule has 1 unspecified atom stereocenters. The molecule has 100 valence electrons. The molecule has 2 nitrogen and oxygen atoms in total. The number of nitriles is 2. The fourth-order valence-corrected chi connectivity index (χ4v) is 1.63. The SMILES string of the molecule is CC(C#N)(CCC#N)c1c(F)c(F)c(F)c(F)c1F.